The normalized spacial score (nSPS) is 20.1. The van der Waals surface area contributed by atoms with E-state index in [9.17, 15) is 0 Å². The molecule has 0 radical (unpaired) electrons. The summed E-state index contributed by atoms with van der Waals surface area (Å²) in [4.78, 5) is 2.33. The lowest BCUT2D eigenvalue weighted by Gasteiger charge is -2.40. The van der Waals surface area contributed by atoms with Crippen LogP contribution in [0, 0.1) is 5.92 Å². The van der Waals surface area contributed by atoms with Crippen molar-refractivity contribution in [3.05, 3.63) is 35.2 Å². The van der Waals surface area contributed by atoms with Crippen molar-refractivity contribution in [1.82, 2.24) is 20.4 Å². The van der Waals surface area contributed by atoms with Gasteiger partial charge in [0.1, 0.15) is 5.82 Å². The Labute approximate surface area is 148 Å². The molecule has 5 rings (SSSR count). The van der Waals surface area contributed by atoms with Gasteiger partial charge in [0.2, 0.25) is 0 Å². The molecule has 3 heterocycles. The number of anilines is 2. The largest absolute Gasteiger partial charge is 0.368 e. The van der Waals surface area contributed by atoms with Gasteiger partial charge in [-0.1, -0.05) is 0 Å². The molecule has 1 aliphatic heterocycles. The predicted molar refractivity (Wildman–Crippen MR) is 96.9 cm³/mol. The van der Waals surface area contributed by atoms with Crippen LogP contribution < -0.4 is 10.2 Å². The van der Waals surface area contributed by atoms with Gasteiger partial charge in [0.05, 0.1) is 11.4 Å². The molecular formula is C19H24N6. The minimum absolute atomic E-state index is 0.628. The Morgan fingerprint density at radius 3 is 2.68 bits per heavy atom. The average molecular weight is 336 g/mol. The molecule has 0 aromatic carbocycles. The predicted octanol–water partition coefficient (Wildman–Crippen LogP) is 2.57. The molecule has 130 valence electrons. The van der Waals surface area contributed by atoms with Crippen LogP contribution in [0.5, 0.6) is 0 Å². The van der Waals surface area contributed by atoms with Crippen molar-refractivity contribution in [3.8, 4) is 0 Å². The molecule has 1 N–H and O–H groups in total. The fourth-order valence-electron chi connectivity index (χ4n) is 3.80. The SMILES string of the molecule is c1cc(C2CC2)nnc1NCC1CN(c2cc3c(nn2)CCCC3)C1. The Morgan fingerprint density at radius 2 is 1.88 bits per heavy atom. The number of nitrogens with one attached hydrogen (secondary N) is 1. The summed E-state index contributed by atoms with van der Waals surface area (Å²) in [6.07, 6.45) is 7.33. The number of aromatic nitrogens is 4. The number of fused-ring (bicyclic) bond motifs is 1. The molecule has 2 aliphatic carbocycles. The monoisotopic (exact) mass is 336 g/mol. The van der Waals surface area contributed by atoms with Crippen LogP contribution in [0.2, 0.25) is 0 Å². The maximum absolute atomic E-state index is 4.44. The molecule has 6 heteroatoms. The number of hydrogen-bond donors (Lipinski definition) is 1. The lowest BCUT2D eigenvalue weighted by Crippen LogP contribution is -2.50. The fourth-order valence-corrected chi connectivity index (χ4v) is 3.80. The number of nitrogens with zero attached hydrogens (tertiary/aromatic N) is 5. The van der Waals surface area contributed by atoms with E-state index in [2.05, 4.69) is 48.8 Å². The van der Waals surface area contributed by atoms with Gasteiger partial charge in [0.15, 0.2) is 5.82 Å². The van der Waals surface area contributed by atoms with E-state index in [-0.39, 0.29) is 0 Å². The molecule has 3 aliphatic rings. The molecule has 2 aromatic rings. The zero-order valence-corrected chi connectivity index (χ0v) is 14.5. The summed E-state index contributed by atoms with van der Waals surface area (Å²) in [5.74, 6) is 3.23. The third kappa shape index (κ3) is 3.17. The fraction of sp³-hybridized carbons (Fsp3) is 0.579. The summed E-state index contributed by atoms with van der Waals surface area (Å²) in [7, 11) is 0. The van der Waals surface area contributed by atoms with Crippen molar-refractivity contribution < 1.29 is 0 Å². The van der Waals surface area contributed by atoms with Crippen LogP contribution in [0.15, 0.2) is 18.2 Å². The van der Waals surface area contributed by atoms with Crippen LogP contribution in [-0.2, 0) is 12.8 Å². The molecule has 0 bridgehead atoms. The Hall–Kier alpha value is -2.24. The van der Waals surface area contributed by atoms with Crippen molar-refractivity contribution in [3.63, 3.8) is 0 Å². The first-order valence-corrected chi connectivity index (χ1v) is 9.53. The lowest BCUT2D eigenvalue weighted by molar-refractivity contribution is 0.424. The smallest absolute Gasteiger partial charge is 0.151 e. The number of hydrogen-bond acceptors (Lipinski definition) is 6. The second kappa shape index (κ2) is 6.24. The highest BCUT2D eigenvalue weighted by Gasteiger charge is 2.29. The first-order valence-electron chi connectivity index (χ1n) is 9.53. The standard InChI is InChI=1S/C19H24N6/c1-2-4-16-15(3-1)9-19(24-22-16)25-11-13(12-25)10-20-18-8-7-17(21-23-18)14-5-6-14/h7-9,13-14H,1-6,10-12H2,(H,20,23). The Morgan fingerprint density at radius 1 is 1.00 bits per heavy atom. The van der Waals surface area contributed by atoms with Crippen molar-refractivity contribution >= 4 is 11.6 Å². The highest BCUT2D eigenvalue weighted by Crippen LogP contribution is 2.38. The second-order valence-electron chi connectivity index (χ2n) is 7.65. The molecule has 1 saturated heterocycles. The van der Waals surface area contributed by atoms with E-state index < -0.39 is 0 Å². The van der Waals surface area contributed by atoms with Crippen LogP contribution in [0.4, 0.5) is 11.6 Å². The maximum atomic E-state index is 4.44. The minimum Gasteiger partial charge on any atom is -0.368 e. The first-order chi connectivity index (χ1) is 12.3. The summed E-state index contributed by atoms with van der Waals surface area (Å²) >= 11 is 0. The van der Waals surface area contributed by atoms with Gasteiger partial charge in [-0.3, -0.25) is 0 Å². The van der Waals surface area contributed by atoms with Crippen molar-refractivity contribution in [1.29, 1.82) is 0 Å². The van der Waals surface area contributed by atoms with Crippen LogP contribution >= 0.6 is 0 Å². The molecule has 2 aromatic heterocycles. The molecule has 1 saturated carbocycles. The van der Waals surface area contributed by atoms with E-state index in [0.29, 0.717) is 11.8 Å². The Bertz CT molecular complexity index is 749. The molecule has 0 amide bonds. The quantitative estimate of drug-likeness (QED) is 0.905. The molecule has 2 fully saturated rings. The summed E-state index contributed by atoms with van der Waals surface area (Å²) in [5.41, 5.74) is 3.76. The van der Waals surface area contributed by atoms with E-state index in [4.69, 9.17) is 0 Å². The summed E-state index contributed by atoms with van der Waals surface area (Å²) in [5, 5.41) is 20.9. The van der Waals surface area contributed by atoms with Gasteiger partial charge >= 0.3 is 0 Å². The van der Waals surface area contributed by atoms with Gasteiger partial charge in [-0.05, 0) is 62.3 Å². The highest BCUT2D eigenvalue weighted by molar-refractivity contribution is 5.45. The second-order valence-corrected chi connectivity index (χ2v) is 7.65. The Kier molecular flexibility index (Phi) is 3.76. The van der Waals surface area contributed by atoms with E-state index in [1.54, 1.807) is 0 Å². The summed E-state index contributed by atoms with van der Waals surface area (Å²) in [6, 6.07) is 6.43. The minimum atomic E-state index is 0.628. The lowest BCUT2D eigenvalue weighted by atomic mass is 9.95. The topological polar surface area (TPSA) is 66.8 Å². The van der Waals surface area contributed by atoms with Gasteiger partial charge in [-0.25, -0.2) is 0 Å². The number of rotatable bonds is 5. The van der Waals surface area contributed by atoms with Crippen LogP contribution in [-0.4, -0.2) is 40.0 Å². The van der Waals surface area contributed by atoms with E-state index in [1.807, 2.05) is 0 Å². The van der Waals surface area contributed by atoms with Crippen LogP contribution in [0.1, 0.15) is 48.6 Å². The van der Waals surface area contributed by atoms with Crippen molar-refractivity contribution in [2.45, 2.75) is 44.4 Å². The molecule has 25 heavy (non-hydrogen) atoms. The molecule has 6 nitrogen and oxygen atoms in total. The zero-order chi connectivity index (χ0) is 16.6. The number of aryl methyl sites for hydroxylation is 2. The summed E-state index contributed by atoms with van der Waals surface area (Å²) in [6.45, 7) is 3.01. The molecule has 0 atom stereocenters. The summed E-state index contributed by atoms with van der Waals surface area (Å²) < 4.78 is 0. The van der Waals surface area contributed by atoms with Crippen LogP contribution in [0.25, 0.3) is 0 Å². The average Bonchev–Trinajstić information content (AvgIpc) is 3.46. The maximum Gasteiger partial charge on any atom is 0.151 e. The van der Waals surface area contributed by atoms with E-state index >= 15 is 0 Å². The molecule has 0 unspecified atom stereocenters. The van der Waals surface area contributed by atoms with Gasteiger partial charge in [-0.15, -0.1) is 10.2 Å². The van der Waals surface area contributed by atoms with E-state index in [0.717, 1.165) is 49.8 Å². The highest BCUT2D eigenvalue weighted by atomic mass is 15.3. The van der Waals surface area contributed by atoms with Crippen molar-refractivity contribution in [2.75, 3.05) is 29.9 Å². The van der Waals surface area contributed by atoms with Crippen molar-refractivity contribution in [2.24, 2.45) is 5.92 Å². The third-order valence-corrected chi connectivity index (χ3v) is 5.59. The third-order valence-electron chi connectivity index (χ3n) is 5.59. The molecule has 0 spiro atoms. The van der Waals surface area contributed by atoms with Gasteiger partial charge in [-0.2, -0.15) is 10.2 Å². The Balaban J connectivity index is 1.13. The van der Waals surface area contributed by atoms with E-state index in [1.165, 1.54) is 36.9 Å². The first kappa shape index (κ1) is 15.0. The van der Waals surface area contributed by atoms with Gasteiger partial charge < -0.3 is 10.2 Å². The zero-order valence-electron chi connectivity index (χ0n) is 14.5. The van der Waals surface area contributed by atoms with Gasteiger partial charge in [0.25, 0.3) is 0 Å². The molecular weight excluding hydrogens is 312 g/mol. The van der Waals surface area contributed by atoms with Gasteiger partial charge in [0, 0.05) is 31.5 Å². The van der Waals surface area contributed by atoms with Crippen LogP contribution in [0.3, 0.4) is 0 Å².